The highest BCUT2D eigenvalue weighted by molar-refractivity contribution is 5.57. The lowest BCUT2D eigenvalue weighted by Gasteiger charge is -2.23. The monoisotopic (exact) mass is 327 g/mol. The van der Waals surface area contributed by atoms with Crippen molar-refractivity contribution in [1.82, 2.24) is 19.9 Å². The minimum atomic E-state index is 0.201. The fraction of sp³-hybridized carbons (Fsp3) is 0.556. The molecular weight excluding hydrogens is 302 g/mol. The first kappa shape index (κ1) is 15.6. The molecule has 1 saturated heterocycles. The summed E-state index contributed by atoms with van der Waals surface area (Å²) in [5, 5.41) is 8.37. The molecular formula is C18H25N5O. The summed E-state index contributed by atoms with van der Waals surface area (Å²) < 4.78 is 7.48. The number of methoxy groups -OCH3 is 1. The minimum Gasteiger partial charge on any atom is -0.379 e. The predicted octanol–water partition coefficient (Wildman–Crippen LogP) is 1.29. The molecule has 0 N–H and O–H groups in total. The van der Waals surface area contributed by atoms with Crippen molar-refractivity contribution in [3.63, 3.8) is 0 Å². The number of hydrogen-bond donors (Lipinski definition) is 0. The fourth-order valence-corrected chi connectivity index (χ4v) is 3.99. The highest BCUT2D eigenvalue weighted by atomic mass is 16.5. The van der Waals surface area contributed by atoms with Gasteiger partial charge in [0.2, 0.25) is 0 Å². The number of hydrogen-bond acceptors (Lipinski definition) is 5. The second-order valence-corrected chi connectivity index (χ2v) is 6.82. The quantitative estimate of drug-likeness (QED) is 0.828. The van der Waals surface area contributed by atoms with E-state index in [1.54, 1.807) is 11.8 Å². The van der Waals surface area contributed by atoms with Crippen molar-refractivity contribution in [3.05, 3.63) is 41.7 Å². The van der Waals surface area contributed by atoms with Gasteiger partial charge in [0.1, 0.15) is 0 Å². The second-order valence-electron chi connectivity index (χ2n) is 6.82. The molecule has 0 bridgehead atoms. The molecule has 1 aromatic heterocycles. The van der Waals surface area contributed by atoms with E-state index in [1.165, 1.54) is 17.7 Å². The lowest BCUT2D eigenvalue weighted by atomic mass is 10.0. The number of ether oxygens (including phenoxy) is 1. The highest BCUT2D eigenvalue weighted by Crippen LogP contribution is 2.30. The average Bonchev–Trinajstić information content (AvgIpc) is 3.30. The van der Waals surface area contributed by atoms with E-state index in [1.807, 2.05) is 13.2 Å². The van der Waals surface area contributed by atoms with Crippen LogP contribution in [0.1, 0.15) is 17.2 Å². The van der Waals surface area contributed by atoms with Crippen LogP contribution >= 0.6 is 0 Å². The van der Waals surface area contributed by atoms with E-state index >= 15 is 0 Å². The Bertz CT molecular complexity index is 700. The maximum Gasteiger partial charge on any atom is 0.0897 e. The summed E-state index contributed by atoms with van der Waals surface area (Å²) >= 11 is 0. The van der Waals surface area contributed by atoms with Gasteiger partial charge in [-0.1, -0.05) is 23.4 Å². The number of likely N-dealkylation sites (tertiary alicyclic amines) is 1. The lowest BCUT2D eigenvalue weighted by Crippen LogP contribution is -2.33. The Hall–Kier alpha value is -1.92. The summed E-state index contributed by atoms with van der Waals surface area (Å²) in [7, 11) is 3.71. The molecule has 6 nitrogen and oxygen atoms in total. The molecule has 0 spiro atoms. The first-order valence-electron chi connectivity index (χ1n) is 8.69. The van der Waals surface area contributed by atoms with Crippen LogP contribution < -0.4 is 4.90 Å². The third-order valence-electron chi connectivity index (χ3n) is 5.31. The molecule has 0 unspecified atom stereocenters. The first-order valence-corrected chi connectivity index (χ1v) is 8.69. The van der Waals surface area contributed by atoms with Crippen molar-refractivity contribution in [2.75, 3.05) is 44.7 Å². The Labute approximate surface area is 143 Å². The Morgan fingerprint density at radius 3 is 2.88 bits per heavy atom. The summed E-state index contributed by atoms with van der Waals surface area (Å²) in [5.41, 5.74) is 3.93. The summed E-state index contributed by atoms with van der Waals surface area (Å²) in [5.74, 6) is 0.314. The number of anilines is 1. The van der Waals surface area contributed by atoms with Gasteiger partial charge in [-0.05, 0) is 18.1 Å². The number of benzene rings is 1. The normalized spacial score (nSPS) is 23.8. The predicted molar refractivity (Wildman–Crippen MR) is 93.3 cm³/mol. The molecule has 4 rings (SSSR count). The molecule has 1 fully saturated rings. The summed E-state index contributed by atoms with van der Waals surface area (Å²) in [6.45, 7) is 5.22. The van der Waals surface area contributed by atoms with Gasteiger partial charge in [0.05, 0.1) is 11.8 Å². The highest BCUT2D eigenvalue weighted by Gasteiger charge is 2.35. The van der Waals surface area contributed by atoms with Crippen LogP contribution in [0.2, 0.25) is 0 Å². The molecule has 0 radical (unpaired) electrons. The number of fused-ring (bicyclic) bond motifs is 1. The van der Waals surface area contributed by atoms with Crippen molar-refractivity contribution in [1.29, 1.82) is 0 Å². The molecule has 2 atom stereocenters. The van der Waals surface area contributed by atoms with E-state index < -0.39 is 0 Å². The lowest BCUT2D eigenvalue weighted by molar-refractivity contribution is 0.0966. The van der Waals surface area contributed by atoms with E-state index in [0.29, 0.717) is 5.92 Å². The standard InChI is InChI=1S/C18H25N5O/c1-21-12-16(19-20-21)15-11-22(13-18(15)24-2)9-10-23-8-7-14-5-3-4-6-17(14)23/h3-6,12,15,18H,7-11,13H2,1-2H3/t15-,18+/m0/s1. The number of rotatable bonds is 5. The van der Waals surface area contributed by atoms with Gasteiger partial charge in [-0.15, -0.1) is 5.10 Å². The molecule has 2 aliphatic rings. The Morgan fingerprint density at radius 2 is 2.08 bits per heavy atom. The zero-order valence-electron chi connectivity index (χ0n) is 14.4. The van der Waals surface area contributed by atoms with Gasteiger partial charge in [-0.25, -0.2) is 0 Å². The summed E-state index contributed by atoms with van der Waals surface area (Å²) in [4.78, 5) is 5.00. The van der Waals surface area contributed by atoms with Crippen molar-refractivity contribution in [2.24, 2.45) is 7.05 Å². The van der Waals surface area contributed by atoms with Gasteiger partial charge in [-0.3, -0.25) is 9.58 Å². The average molecular weight is 327 g/mol. The maximum atomic E-state index is 5.71. The van der Waals surface area contributed by atoms with Crippen LogP contribution in [0, 0.1) is 0 Å². The van der Waals surface area contributed by atoms with E-state index in [9.17, 15) is 0 Å². The van der Waals surface area contributed by atoms with Crippen LogP contribution in [0.4, 0.5) is 5.69 Å². The topological polar surface area (TPSA) is 46.4 Å². The van der Waals surface area contributed by atoms with Crippen LogP contribution in [-0.2, 0) is 18.2 Å². The van der Waals surface area contributed by atoms with Gasteiger partial charge in [0.15, 0.2) is 0 Å². The zero-order chi connectivity index (χ0) is 16.5. The van der Waals surface area contributed by atoms with E-state index in [-0.39, 0.29) is 6.10 Å². The van der Waals surface area contributed by atoms with Crippen LogP contribution in [0.3, 0.4) is 0 Å². The molecule has 2 aliphatic heterocycles. The maximum absolute atomic E-state index is 5.71. The van der Waals surface area contributed by atoms with Gasteiger partial charge in [-0.2, -0.15) is 0 Å². The molecule has 0 aliphatic carbocycles. The van der Waals surface area contributed by atoms with Gasteiger partial charge in [0.25, 0.3) is 0 Å². The van der Waals surface area contributed by atoms with Crippen molar-refractivity contribution in [2.45, 2.75) is 18.4 Å². The van der Waals surface area contributed by atoms with Crippen molar-refractivity contribution in [3.8, 4) is 0 Å². The molecule has 2 aromatic rings. The van der Waals surface area contributed by atoms with Crippen LogP contribution in [0.5, 0.6) is 0 Å². The molecule has 128 valence electrons. The third kappa shape index (κ3) is 2.91. The van der Waals surface area contributed by atoms with E-state index in [0.717, 1.165) is 38.4 Å². The Balaban J connectivity index is 1.38. The molecule has 24 heavy (non-hydrogen) atoms. The largest absolute Gasteiger partial charge is 0.379 e. The summed E-state index contributed by atoms with van der Waals surface area (Å²) in [6.07, 6.45) is 3.38. The Morgan fingerprint density at radius 1 is 1.21 bits per heavy atom. The molecule has 0 saturated carbocycles. The Kier molecular flexibility index (Phi) is 4.24. The molecule has 3 heterocycles. The van der Waals surface area contributed by atoms with Crippen molar-refractivity contribution >= 4 is 5.69 Å². The molecule has 6 heteroatoms. The van der Waals surface area contributed by atoms with Gasteiger partial charge in [0, 0.05) is 64.7 Å². The van der Waals surface area contributed by atoms with Crippen molar-refractivity contribution < 1.29 is 4.74 Å². The number of aromatic nitrogens is 3. The SMILES string of the molecule is CO[C@@H]1CN(CCN2CCc3ccccc32)C[C@H]1c1cn(C)nn1. The van der Waals surface area contributed by atoms with Gasteiger partial charge >= 0.3 is 0 Å². The third-order valence-corrected chi connectivity index (χ3v) is 5.31. The number of nitrogens with zero attached hydrogens (tertiary/aromatic N) is 5. The zero-order valence-corrected chi connectivity index (χ0v) is 14.4. The van der Waals surface area contributed by atoms with Gasteiger partial charge < -0.3 is 9.64 Å². The fourth-order valence-electron chi connectivity index (χ4n) is 3.99. The number of aryl methyl sites for hydroxylation is 1. The van der Waals surface area contributed by atoms with Crippen LogP contribution in [0.15, 0.2) is 30.5 Å². The van der Waals surface area contributed by atoms with E-state index in [4.69, 9.17) is 4.74 Å². The molecule has 1 aromatic carbocycles. The summed E-state index contributed by atoms with van der Waals surface area (Å²) in [6, 6.07) is 8.76. The second kappa shape index (κ2) is 6.53. The minimum absolute atomic E-state index is 0.201. The first-order chi connectivity index (χ1) is 11.7. The number of para-hydroxylation sites is 1. The van der Waals surface area contributed by atoms with E-state index in [2.05, 4.69) is 44.4 Å². The van der Waals surface area contributed by atoms with Crippen LogP contribution in [0.25, 0.3) is 0 Å². The molecule has 0 amide bonds. The smallest absolute Gasteiger partial charge is 0.0897 e. The van der Waals surface area contributed by atoms with Crippen LogP contribution in [-0.4, -0.2) is 65.8 Å².